The first kappa shape index (κ1) is 11.2. The first-order valence-electron chi connectivity index (χ1n) is 5.17. The zero-order valence-corrected chi connectivity index (χ0v) is 9.11. The maximum absolute atomic E-state index is 5.50. The summed E-state index contributed by atoms with van der Waals surface area (Å²) in [6, 6.07) is 10.6. The third kappa shape index (κ3) is 3.48. The molecule has 0 spiro atoms. The first-order chi connectivity index (χ1) is 6.74. The smallest absolute Gasteiger partial charge is 0.0102 e. The largest absolute Gasteiger partial charge is 0.329 e. The van der Waals surface area contributed by atoms with Crippen LogP contribution in [0.1, 0.15) is 18.4 Å². The molecule has 0 saturated carbocycles. The maximum Gasteiger partial charge on any atom is 0.0102 e. The van der Waals surface area contributed by atoms with E-state index in [0.29, 0.717) is 5.92 Å². The van der Waals surface area contributed by atoms with Gasteiger partial charge in [0.2, 0.25) is 0 Å². The third-order valence-corrected chi connectivity index (χ3v) is 2.46. The number of nitrogens with zero attached hydrogens (tertiary/aromatic N) is 1. The van der Waals surface area contributed by atoms with E-state index >= 15 is 0 Å². The lowest BCUT2D eigenvalue weighted by Crippen LogP contribution is -2.28. The molecule has 0 aliphatic rings. The minimum atomic E-state index is 0.577. The van der Waals surface area contributed by atoms with Crippen LogP contribution >= 0.6 is 0 Å². The summed E-state index contributed by atoms with van der Waals surface area (Å²) in [5.41, 5.74) is 6.90. The molecule has 0 radical (unpaired) electrons. The Labute approximate surface area is 86.7 Å². The van der Waals surface area contributed by atoms with Crippen molar-refractivity contribution in [2.24, 2.45) is 5.73 Å². The van der Waals surface area contributed by atoms with Crippen LogP contribution in [0.15, 0.2) is 30.3 Å². The van der Waals surface area contributed by atoms with E-state index in [-0.39, 0.29) is 0 Å². The highest BCUT2D eigenvalue weighted by Gasteiger charge is 2.07. The summed E-state index contributed by atoms with van der Waals surface area (Å²) in [5, 5.41) is 0. The van der Waals surface area contributed by atoms with Gasteiger partial charge in [0.05, 0.1) is 0 Å². The maximum atomic E-state index is 5.50. The Balaban J connectivity index is 2.46. The monoisotopic (exact) mass is 192 g/mol. The molecule has 0 aliphatic heterocycles. The third-order valence-electron chi connectivity index (χ3n) is 2.46. The molecule has 1 atom stereocenters. The Hall–Kier alpha value is -0.860. The van der Waals surface area contributed by atoms with Crippen molar-refractivity contribution in [2.45, 2.75) is 12.8 Å². The molecule has 2 heteroatoms. The van der Waals surface area contributed by atoms with Gasteiger partial charge < -0.3 is 10.6 Å². The van der Waals surface area contributed by atoms with Crippen molar-refractivity contribution >= 4 is 0 Å². The number of nitrogens with two attached hydrogens (primary N) is 1. The Morgan fingerprint density at radius 2 is 1.93 bits per heavy atom. The first-order valence-corrected chi connectivity index (χ1v) is 5.17. The predicted octanol–water partition coefficient (Wildman–Crippen LogP) is 1.68. The van der Waals surface area contributed by atoms with Gasteiger partial charge >= 0.3 is 0 Å². The molecule has 1 aromatic carbocycles. The molecule has 0 bridgehead atoms. The van der Waals surface area contributed by atoms with Crippen LogP contribution in [0.5, 0.6) is 0 Å². The molecule has 78 valence electrons. The number of hydrogen-bond acceptors (Lipinski definition) is 2. The molecular formula is C12H20N2. The highest BCUT2D eigenvalue weighted by atomic mass is 15.1. The van der Waals surface area contributed by atoms with Gasteiger partial charge in [0, 0.05) is 19.6 Å². The van der Waals surface area contributed by atoms with E-state index in [2.05, 4.69) is 49.2 Å². The molecule has 1 unspecified atom stereocenters. The van der Waals surface area contributed by atoms with Crippen molar-refractivity contribution in [1.82, 2.24) is 4.90 Å². The highest BCUT2D eigenvalue weighted by molar-refractivity contribution is 5.18. The van der Waals surface area contributed by atoms with Crippen LogP contribution < -0.4 is 5.73 Å². The summed E-state index contributed by atoms with van der Waals surface area (Å²) in [6.45, 7) is 5.03. The normalized spacial score (nSPS) is 13.1. The van der Waals surface area contributed by atoms with Gasteiger partial charge in [-0.1, -0.05) is 37.3 Å². The molecule has 0 aliphatic carbocycles. The van der Waals surface area contributed by atoms with Crippen LogP contribution in [0.2, 0.25) is 0 Å². The average Bonchev–Trinajstić information content (AvgIpc) is 2.19. The second kappa shape index (κ2) is 5.78. The van der Waals surface area contributed by atoms with Gasteiger partial charge in [-0.15, -0.1) is 0 Å². The van der Waals surface area contributed by atoms with E-state index in [9.17, 15) is 0 Å². The second-order valence-corrected chi connectivity index (χ2v) is 3.86. The van der Waals surface area contributed by atoms with Crippen LogP contribution in [0.25, 0.3) is 0 Å². The molecule has 2 nitrogen and oxygen atoms in total. The van der Waals surface area contributed by atoms with Crippen molar-refractivity contribution in [1.29, 1.82) is 0 Å². The summed E-state index contributed by atoms with van der Waals surface area (Å²) in [6.07, 6.45) is 0. The fourth-order valence-electron chi connectivity index (χ4n) is 1.67. The summed E-state index contributed by atoms with van der Waals surface area (Å²) in [7, 11) is 2.12. The van der Waals surface area contributed by atoms with Gasteiger partial charge in [-0.2, -0.15) is 0 Å². The van der Waals surface area contributed by atoms with Crippen LogP contribution in [-0.2, 0) is 0 Å². The SMILES string of the molecule is CC(CN(C)CCN)c1ccccc1. The molecule has 1 aromatic rings. The van der Waals surface area contributed by atoms with E-state index in [4.69, 9.17) is 5.73 Å². The van der Waals surface area contributed by atoms with Crippen molar-refractivity contribution in [2.75, 3.05) is 26.7 Å². The van der Waals surface area contributed by atoms with Crippen molar-refractivity contribution < 1.29 is 0 Å². The highest BCUT2D eigenvalue weighted by Crippen LogP contribution is 2.14. The van der Waals surface area contributed by atoms with Gasteiger partial charge in [-0.3, -0.25) is 0 Å². The molecule has 2 N–H and O–H groups in total. The molecule has 0 fully saturated rings. The van der Waals surface area contributed by atoms with Crippen molar-refractivity contribution in [3.63, 3.8) is 0 Å². The lowest BCUT2D eigenvalue weighted by Gasteiger charge is -2.20. The molecular weight excluding hydrogens is 172 g/mol. The Kier molecular flexibility index (Phi) is 4.63. The average molecular weight is 192 g/mol. The lowest BCUT2D eigenvalue weighted by atomic mass is 10.0. The number of hydrogen-bond donors (Lipinski definition) is 1. The van der Waals surface area contributed by atoms with Crippen molar-refractivity contribution in [3.05, 3.63) is 35.9 Å². The molecule has 0 saturated heterocycles. The summed E-state index contributed by atoms with van der Waals surface area (Å²) in [5.74, 6) is 0.577. The summed E-state index contributed by atoms with van der Waals surface area (Å²) < 4.78 is 0. The quantitative estimate of drug-likeness (QED) is 0.769. The minimum absolute atomic E-state index is 0.577. The Morgan fingerprint density at radius 1 is 1.29 bits per heavy atom. The zero-order chi connectivity index (χ0) is 10.4. The van der Waals surface area contributed by atoms with E-state index < -0.39 is 0 Å². The van der Waals surface area contributed by atoms with E-state index in [1.54, 1.807) is 0 Å². The fraction of sp³-hybridized carbons (Fsp3) is 0.500. The van der Waals surface area contributed by atoms with E-state index in [1.165, 1.54) is 5.56 Å². The number of rotatable bonds is 5. The van der Waals surface area contributed by atoms with Gasteiger partial charge in [-0.25, -0.2) is 0 Å². The topological polar surface area (TPSA) is 29.3 Å². The van der Waals surface area contributed by atoms with Crippen LogP contribution in [0, 0.1) is 0 Å². The Bertz CT molecular complexity index is 246. The zero-order valence-electron chi connectivity index (χ0n) is 9.11. The predicted molar refractivity (Wildman–Crippen MR) is 61.4 cm³/mol. The van der Waals surface area contributed by atoms with Gasteiger partial charge in [0.1, 0.15) is 0 Å². The molecule has 0 amide bonds. The second-order valence-electron chi connectivity index (χ2n) is 3.86. The van der Waals surface area contributed by atoms with Gasteiger partial charge in [0.15, 0.2) is 0 Å². The fourth-order valence-corrected chi connectivity index (χ4v) is 1.67. The van der Waals surface area contributed by atoms with E-state index in [1.807, 2.05) is 0 Å². The minimum Gasteiger partial charge on any atom is -0.329 e. The standard InChI is InChI=1S/C12H20N2/c1-11(10-14(2)9-8-13)12-6-4-3-5-7-12/h3-7,11H,8-10,13H2,1-2H3. The van der Waals surface area contributed by atoms with Gasteiger partial charge in [0.25, 0.3) is 0 Å². The molecule has 1 rings (SSSR count). The molecule has 14 heavy (non-hydrogen) atoms. The van der Waals surface area contributed by atoms with Crippen molar-refractivity contribution in [3.8, 4) is 0 Å². The molecule has 0 aromatic heterocycles. The summed E-state index contributed by atoms with van der Waals surface area (Å²) in [4.78, 5) is 2.28. The summed E-state index contributed by atoms with van der Waals surface area (Å²) >= 11 is 0. The van der Waals surface area contributed by atoms with Crippen LogP contribution in [-0.4, -0.2) is 31.6 Å². The lowest BCUT2D eigenvalue weighted by molar-refractivity contribution is 0.325. The number of benzene rings is 1. The van der Waals surface area contributed by atoms with Gasteiger partial charge in [-0.05, 0) is 18.5 Å². The van der Waals surface area contributed by atoms with Crippen LogP contribution in [0.4, 0.5) is 0 Å². The van der Waals surface area contributed by atoms with Crippen LogP contribution in [0.3, 0.4) is 0 Å². The molecule has 0 heterocycles. The Morgan fingerprint density at radius 3 is 2.50 bits per heavy atom. The van der Waals surface area contributed by atoms with E-state index in [0.717, 1.165) is 19.6 Å². The number of likely N-dealkylation sites (N-methyl/N-ethyl adjacent to an activating group) is 1.